The number of terminal acetylenes is 1. The van der Waals surface area contributed by atoms with Gasteiger partial charge in [-0.2, -0.15) is 0 Å². The van der Waals surface area contributed by atoms with E-state index in [0.29, 0.717) is 6.54 Å². The van der Waals surface area contributed by atoms with Crippen molar-refractivity contribution in [1.29, 1.82) is 0 Å². The molecule has 0 aliphatic carbocycles. The Kier molecular flexibility index (Phi) is 2.96. The van der Waals surface area contributed by atoms with Crippen molar-refractivity contribution in [2.24, 2.45) is 0 Å². The SMILES string of the molecule is C#CCNCCn1nnc2ccccc21. The van der Waals surface area contributed by atoms with Gasteiger partial charge in [0, 0.05) is 6.54 Å². The molecule has 0 aliphatic rings. The quantitative estimate of drug-likeness (QED) is 0.582. The van der Waals surface area contributed by atoms with Gasteiger partial charge >= 0.3 is 0 Å². The van der Waals surface area contributed by atoms with E-state index < -0.39 is 0 Å². The first-order valence-electron chi connectivity index (χ1n) is 4.84. The molecule has 0 atom stereocenters. The van der Waals surface area contributed by atoms with Gasteiger partial charge in [-0.3, -0.25) is 0 Å². The van der Waals surface area contributed by atoms with Crippen LogP contribution in [0.2, 0.25) is 0 Å². The summed E-state index contributed by atoms with van der Waals surface area (Å²) < 4.78 is 1.87. The topological polar surface area (TPSA) is 42.7 Å². The van der Waals surface area contributed by atoms with Crippen molar-refractivity contribution in [1.82, 2.24) is 20.3 Å². The van der Waals surface area contributed by atoms with Crippen molar-refractivity contribution >= 4 is 11.0 Å². The first kappa shape index (κ1) is 9.69. The molecular formula is C11H12N4. The number of nitrogens with zero attached hydrogens (tertiary/aromatic N) is 3. The molecule has 0 bridgehead atoms. The maximum atomic E-state index is 5.13. The molecule has 2 aromatic rings. The molecule has 1 aromatic heterocycles. The lowest BCUT2D eigenvalue weighted by atomic mass is 10.3. The molecule has 0 spiro atoms. The van der Waals surface area contributed by atoms with Crippen molar-refractivity contribution in [2.75, 3.05) is 13.1 Å². The fourth-order valence-electron chi connectivity index (χ4n) is 1.43. The van der Waals surface area contributed by atoms with Gasteiger partial charge in [0.1, 0.15) is 5.52 Å². The Hall–Kier alpha value is -1.86. The van der Waals surface area contributed by atoms with Gasteiger partial charge < -0.3 is 5.32 Å². The zero-order chi connectivity index (χ0) is 10.5. The number of para-hydroxylation sites is 1. The maximum absolute atomic E-state index is 5.13. The molecule has 0 amide bonds. The van der Waals surface area contributed by atoms with E-state index in [1.807, 2.05) is 28.9 Å². The van der Waals surface area contributed by atoms with E-state index in [1.165, 1.54) is 0 Å². The average Bonchev–Trinajstić information content (AvgIpc) is 2.68. The molecule has 0 saturated carbocycles. The van der Waals surface area contributed by atoms with Crippen LogP contribution in [-0.4, -0.2) is 28.1 Å². The first-order valence-corrected chi connectivity index (χ1v) is 4.84. The van der Waals surface area contributed by atoms with Gasteiger partial charge in [-0.05, 0) is 12.1 Å². The van der Waals surface area contributed by atoms with Crippen LogP contribution in [0.15, 0.2) is 24.3 Å². The van der Waals surface area contributed by atoms with E-state index >= 15 is 0 Å². The van der Waals surface area contributed by atoms with E-state index in [9.17, 15) is 0 Å². The zero-order valence-corrected chi connectivity index (χ0v) is 8.35. The summed E-state index contributed by atoms with van der Waals surface area (Å²) in [5, 5.41) is 11.2. The molecule has 0 saturated heterocycles. The van der Waals surface area contributed by atoms with Gasteiger partial charge in [0.2, 0.25) is 0 Å². The number of rotatable bonds is 4. The highest BCUT2D eigenvalue weighted by Crippen LogP contribution is 2.08. The summed E-state index contributed by atoms with van der Waals surface area (Å²) in [5.41, 5.74) is 1.98. The third-order valence-corrected chi connectivity index (χ3v) is 2.15. The lowest BCUT2D eigenvalue weighted by Gasteiger charge is -2.01. The second-order valence-electron chi connectivity index (χ2n) is 3.18. The second-order valence-corrected chi connectivity index (χ2v) is 3.18. The van der Waals surface area contributed by atoms with E-state index in [2.05, 4.69) is 21.5 Å². The first-order chi connectivity index (χ1) is 7.42. The zero-order valence-electron chi connectivity index (χ0n) is 8.35. The molecule has 1 heterocycles. The average molecular weight is 200 g/mol. The Morgan fingerprint density at radius 1 is 1.40 bits per heavy atom. The van der Waals surface area contributed by atoms with Gasteiger partial charge in [-0.25, -0.2) is 4.68 Å². The number of fused-ring (bicyclic) bond motifs is 1. The van der Waals surface area contributed by atoms with Gasteiger partial charge in [-0.1, -0.05) is 23.3 Å². The van der Waals surface area contributed by atoms with Crippen LogP contribution in [0.5, 0.6) is 0 Å². The van der Waals surface area contributed by atoms with Crippen molar-refractivity contribution in [3.05, 3.63) is 24.3 Å². The summed E-state index contributed by atoms with van der Waals surface area (Å²) in [6.07, 6.45) is 5.13. The molecule has 15 heavy (non-hydrogen) atoms. The van der Waals surface area contributed by atoms with Crippen LogP contribution in [0.3, 0.4) is 0 Å². The summed E-state index contributed by atoms with van der Waals surface area (Å²) in [6.45, 7) is 2.17. The molecule has 4 heteroatoms. The number of hydrogen-bond donors (Lipinski definition) is 1. The van der Waals surface area contributed by atoms with Gasteiger partial charge in [-0.15, -0.1) is 11.5 Å². The van der Waals surface area contributed by atoms with E-state index in [1.54, 1.807) is 0 Å². The van der Waals surface area contributed by atoms with Crippen molar-refractivity contribution in [3.8, 4) is 12.3 Å². The smallest absolute Gasteiger partial charge is 0.113 e. The minimum atomic E-state index is 0.590. The molecule has 0 fully saturated rings. The molecular weight excluding hydrogens is 188 g/mol. The number of nitrogens with one attached hydrogen (secondary N) is 1. The van der Waals surface area contributed by atoms with Crippen LogP contribution in [0.25, 0.3) is 11.0 Å². The Morgan fingerprint density at radius 3 is 3.13 bits per heavy atom. The molecule has 76 valence electrons. The Balaban J connectivity index is 2.05. The minimum absolute atomic E-state index is 0.590. The highest BCUT2D eigenvalue weighted by Gasteiger charge is 2.01. The fourth-order valence-corrected chi connectivity index (χ4v) is 1.43. The maximum Gasteiger partial charge on any atom is 0.113 e. The van der Waals surface area contributed by atoms with E-state index in [4.69, 9.17) is 6.42 Å². The Labute approximate surface area is 88.3 Å². The lowest BCUT2D eigenvalue weighted by Crippen LogP contribution is -2.20. The summed E-state index contributed by atoms with van der Waals surface area (Å²) >= 11 is 0. The minimum Gasteiger partial charge on any atom is -0.304 e. The normalized spacial score (nSPS) is 10.3. The third kappa shape index (κ3) is 2.14. The summed E-state index contributed by atoms with van der Waals surface area (Å²) in [6, 6.07) is 7.90. The fraction of sp³-hybridized carbons (Fsp3) is 0.273. The number of benzene rings is 1. The molecule has 1 N–H and O–H groups in total. The van der Waals surface area contributed by atoms with Crippen molar-refractivity contribution < 1.29 is 0 Å². The summed E-state index contributed by atoms with van der Waals surface area (Å²) in [5.74, 6) is 2.53. The van der Waals surface area contributed by atoms with E-state index in [-0.39, 0.29) is 0 Å². The van der Waals surface area contributed by atoms with Crippen LogP contribution in [-0.2, 0) is 6.54 Å². The van der Waals surface area contributed by atoms with Crippen LogP contribution in [0.1, 0.15) is 0 Å². The molecule has 2 rings (SSSR count). The van der Waals surface area contributed by atoms with Gasteiger partial charge in [0.05, 0.1) is 18.6 Å². The second kappa shape index (κ2) is 4.58. The van der Waals surface area contributed by atoms with E-state index in [0.717, 1.165) is 24.1 Å². The van der Waals surface area contributed by atoms with Gasteiger partial charge in [0.15, 0.2) is 0 Å². The van der Waals surface area contributed by atoms with Crippen molar-refractivity contribution in [3.63, 3.8) is 0 Å². The predicted octanol–water partition coefficient (Wildman–Crippen LogP) is 0.654. The van der Waals surface area contributed by atoms with Crippen LogP contribution in [0.4, 0.5) is 0 Å². The lowest BCUT2D eigenvalue weighted by molar-refractivity contribution is 0.571. The largest absolute Gasteiger partial charge is 0.304 e. The summed E-state index contributed by atoms with van der Waals surface area (Å²) in [4.78, 5) is 0. The molecule has 0 radical (unpaired) electrons. The molecule has 0 unspecified atom stereocenters. The van der Waals surface area contributed by atoms with Crippen LogP contribution in [0, 0.1) is 12.3 Å². The Morgan fingerprint density at radius 2 is 2.27 bits per heavy atom. The monoisotopic (exact) mass is 200 g/mol. The number of aromatic nitrogens is 3. The number of hydrogen-bond acceptors (Lipinski definition) is 3. The standard InChI is InChI=1S/C11H12N4/c1-2-7-12-8-9-15-11-6-4-3-5-10(11)13-14-15/h1,3-6,12H,7-9H2. The highest BCUT2D eigenvalue weighted by molar-refractivity contribution is 5.73. The predicted molar refractivity (Wildman–Crippen MR) is 59.2 cm³/mol. The Bertz CT molecular complexity index is 481. The van der Waals surface area contributed by atoms with Crippen LogP contribution < -0.4 is 5.32 Å². The molecule has 4 nitrogen and oxygen atoms in total. The molecule has 1 aromatic carbocycles. The third-order valence-electron chi connectivity index (χ3n) is 2.15. The van der Waals surface area contributed by atoms with Crippen molar-refractivity contribution in [2.45, 2.75) is 6.54 Å². The van der Waals surface area contributed by atoms with Gasteiger partial charge in [0.25, 0.3) is 0 Å². The molecule has 0 aliphatic heterocycles. The summed E-state index contributed by atoms with van der Waals surface area (Å²) in [7, 11) is 0. The van der Waals surface area contributed by atoms with Crippen LogP contribution >= 0.6 is 0 Å². The highest BCUT2D eigenvalue weighted by atomic mass is 15.4.